The fraction of sp³-hybridized carbons (Fsp3) is 0.692. The summed E-state index contributed by atoms with van der Waals surface area (Å²) in [5, 5.41) is 3.60. The lowest BCUT2D eigenvalue weighted by atomic mass is 10.1. The summed E-state index contributed by atoms with van der Waals surface area (Å²) in [7, 11) is 0. The van der Waals surface area contributed by atoms with Gasteiger partial charge in [0.25, 0.3) is 0 Å². The van der Waals surface area contributed by atoms with Crippen LogP contribution in [0.5, 0.6) is 0 Å². The average molecular weight is 225 g/mol. The van der Waals surface area contributed by atoms with Gasteiger partial charge in [0.15, 0.2) is 0 Å². The summed E-state index contributed by atoms with van der Waals surface area (Å²) in [6.07, 6.45) is 2.42. The molecule has 2 heteroatoms. The molecule has 2 atom stereocenters. The second-order valence-electron chi connectivity index (χ2n) is 4.54. The molecule has 0 spiro atoms. The lowest BCUT2D eigenvalue weighted by Gasteiger charge is -2.16. The molecule has 1 aromatic rings. The predicted molar refractivity (Wildman–Crippen MR) is 69.7 cm³/mol. The molecule has 0 aliphatic heterocycles. The number of thiophene rings is 1. The lowest BCUT2D eigenvalue weighted by molar-refractivity contribution is 0.452. The second-order valence-corrected chi connectivity index (χ2v) is 5.91. The Labute approximate surface area is 97.9 Å². The molecule has 2 unspecified atom stereocenters. The van der Waals surface area contributed by atoms with Gasteiger partial charge in [0, 0.05) is 15.8 Å². The highest BCUT2D eigenvalue weighted by atomic mass is 32.1. The number of hydrogen-bond donors (Lipinski definition) is 1. The molecule has 1 N–H and O–H groups in total. The molecular weight excluding hydrogens is 202 g/mol. The van der Waals surface area contributed by atoms with Crippen molar-refractivity contribution >= 4 is 11.3 Å². The van der Waals surface area contributed by atoms with Crippen LogP contribution in [0, 0.1) is 12.8 Å². The summed E-state index contributed by atoms with van der Waals surface area (Å²) in [6, 6.07) is 5.06. The Morgan fingerprint density at radius 3 is 2.60 bits per heavy atom. The maximum atomic E-state index is 3.60. The van der Waals surface area contributed by atoms with Gasteiger partial charge in [-0.3, -0.25) is 0 Å². The molecule has 0 bridgehead atoms. The highest BCUT2D eigenvalue weighted by molar-refractivity contribution is 7.11. The van der Waals surface area contributed by atoms with Crippen LogP contribution in [0.2, 0.25) is 0 Å². The lowest BCUT2D eigenvalue weighted by Crippen LogP contribution is -2.31. The molecule has 1 aromatic heterocycles. The molecule has 1 rings (SSSR count). The van der Waals surface area contributed by atoms with Crippen molar-refractivity contribution in [2.75, 3.05) is 6.54 Å². The summed E-state index contributed by atoms with van der Waals surface area (Å²) >= 11 is 1.92. The minimum atomic E-state index is 0.594. The third-order valence-corrected chi connectivity index (χ3v) is 3.84. The van der Waals surface area contributed by atoms with Crippen LogP contribution in [0.15, 0.2) is 12.1 Å². The summed E-state index contributed by atoms with van der Waals surface area (Å²) in [5.41, 5.74) is 0. The van der Waals surface area contributed by atoms with Gasteiger partial charge in [0.2, 0.25) is 0 Å². The van der Waals surface area contributed by atoms with Gasteiger partial charge < -0.3 is 5.32 Å². The SMILES string of the molecule is CCC(C)CNC(C)Cc1ccc(C)s1. The van der Waals surface area contributed by atoms with E-state index in [4.69, 9.17) is 0 Å². The zero-order valence-corrected chi connectivity index (χ0v) is 11.2. The van der Waals surface area contributed by atoms with Crippen molar-refractivity contribution in [1.82, 2.24) is 5.32 Å². The van der Waals surface area contributed by atoms with E-state index in [1.807, 2.05) is 11.3 Å². The van der Waals surface area contributed by atoms with Gasteiger partial charge in [-0.1, -0.05) is 20.3 Å². The third kappa shape index (κ3) is 4.80. The van der Waals surface area contributed by atoms with Crippen LogP contribution in [0.25, 0.3) is 0 Å². The first-order valence-electron chi connectivity index (χ1n) is 5.90. The molecular formula is C13H23NS. The highest BCUT2D eigenvalue weighted by Crippen LogP contribution is 2.16. The van der Waals surface area contributed by atoms with Crippen LogP contribution in [-0.2, 0) is 6.42 Å². The highest BCUT2D eigenvalue weighted by Gasteiger charge is 2.06. The number of hydrogen-bond acceptors (Lipinski definition) is 2. The van der Waals surface area contributed by atoms with E-state index in [0.29, 0.717) is 6.04 Å². The molecule has 0 aliphatic carbocycles. The van der Waals surface area contributed by atoms with E-state index in [9.17, 15) is 0 Å². The van der Waals surface area contributed by atoms with Crippen molar-refractivity contribution < 1.29 is 0 Å². The number of aryl methyl sites for hydroxylation is 1. The molecule has 1 heterocycles. The second kappa shape index (κ2) is 6.29. The molecule has 15 heavy (non-hydrogen) atoms. The molecule has 0 radical (unpaired) electrons. The third-order valence-electron chi connectivity index (χ3n) is 2.82. The minimum Gasteiger partial charge on any atom is -0.314 e. The standard InChI is InChI=1S/C13H23NS/c1-5-10(2)9-14-11(3)8-13-7-6-12(4)15-13/h6-7,10-11,14H,5,8-9H2,1-4H3. The van der Waals surface area contributed by atoms with Crippen molar-refractivity contribution in [3.63, 3.8) is 0 Å². The normalized spacial score (nSPS) is 15.2. The predicted octanol–water partition coefficient (Wildman–Crippen LogP) is 3.62. The molecule has 0 saturated heterocycles. The minimum absolute atomic E-state index is 0.594. The average Bonchev–Trinajstić information content (AvgIpc) is 2.60. The van der Waals surface area contributed by atoms with Crippen molar-refractivity contribution in [2.24, 2.45) is 5.92 Å². The molecule has 0 saturated carbocycles. The molecule has 86 valence electrons. The van der Waals surface area contributed by atoms with Gasteiger partial charge in [0.1, 0.15) is 0 Å². The summed E-state index contributed by atoms with van der Waals surface area (Å²) < 4.78 is 0. The Morgan fingerprint density at radius 1 is 1.33 bits per heavy atom. The fourth-order valence-corrected chi connectivity index (χ4v) is 2.53. The van der Waals surface area contributed by atoms with Gasteiger partial charge in [-0.25, -0.2) is 0 Å². The zero-order valence-electron chi connectivity index (χ0n) is 10.3. The molecule has 0 amide bonds. The maximum absolute atomic E-state index is 3.60. The van der Waals surface area contributed by atoms with Crippen molar-refractivity contribution in [2.45, 2.75) is 46.6 Å². The van der Waals surface area contributed by atoms with Gasteiger partial charge in [0.05, 0.1) is 0 Å². The van der Waals surface area contributed by atoms with E-state index < -0.39 is 0 Å². The largest absolute Gasteiger partial charge is 0.314 e. The Hall–Kier alpha value is -0.340. The molecule has 0 fully saturated rings. The molecule has 1 nitrogen and oxygen atoms in total. The Kier molecular flexibility index (Phi) is 5.34. The summed E-state index contributed by atoms with van der Waals surface area (Å²) in [6.45, 7) is 10.1. The van der Waals surface area contributed by atoms with E-state index in [1.165, 1.54) is 16.2 Å². The monoisotopic (exact) mass is 225 g/mol. The van der Waals surface area contributed by atoms with Crippen LogP contribution in [-0.4, -0.2) is 12.6 Å². The van der Waals surface area contributed by atoms with Crippen molar-refractivity contribution in [3.8, 4) is 0 Å². The Bertz CT molecular complexity index is 280. The van der Waals surface area contributed by atoms with Gasteiger partial charge in [-0.2, -0.15) is 0 Å². The first-order valence-corrected chi connectivity index (χ1v) is 6.72. The van der Waals surface area contributed by atoms with Gasteiger partial charge >= 0.3 is 0 Å². The van der Waals surface area contributed by atoms with E-state index in [2.05, 4.69) is 45.1 Å². The molecule has 0 aromatic carbocycles. The number of rotatable bonds is 6. The fourth-order valence-electron chi connectivity index (χ4n) is 1.52. The van der Waals surface area contributed by atoms with Crippen LogP contribution in [0.1, 0.15) is 36.9 Å². The van der Waals surface area contributed by atoms with E-state index in [1.54, 1.807) is 0 Å². The van der Waals surface area contributed by atoms with Crippen molar-refractivity contribution in [1.29, 1.82) is 0 Å². The van der Waals surface area contributed by atoms with E-state index in [-0.39, 0.29) is 0 Å². The van der Waals surface area contributed by atoms with Gasteiger partial charge in [-0.15, -0.1) is 11.3 Å². The summed E-state index contributed by atoms with van der Waals surface area (Å²) in [4.78, 5) is 2.91. The van der Waals surface area contributed by atoms with E-state index in [0.717, 1.165) is 18.9 Å². The smallest absolute Gasteiger partial charge is 0.00871 e. The van der Waals surface area contributed by atoms with E-state index >= 15 is 0 Å². The number of nitrogens with one attached hydrogen (secondary N) is 1. The maximum Gasteiger partial charge on any atom is 0.00871 e. The van der Waals surface area contributed by atoms with Crippen LogP contribution in [0.4, 0.5) is 0 Å². The van der Waals surface area contributed by atoms with Crippen LogP contribution < -0.4 is 5.32 Å². The van der Waals surface area contributed by atoms with Gasteiger partial charge in [-0.05, 0) is 44.9 Å². The Balaban J connectivity index is 2.27. The topological polar surface area (TPSA) is 12.0 Å². The summed E-state index contributed by atoms with van der Waals surface area (Å²) in [5.74, 6) is 0.789. The first kappa shape index (κ1) is 12.7. The zero-order chi connectivity index (χ0) is 11.3. The van der Waals surface area contributed by atoms with Crippen LogP contribution in [0.3, 0.4) is 0 Å². The quantitative estimate of drug-likeness (QED) is 0.779. The Morgan fingerprint density at radius 2 is 2.07 bits per heavy atom. The molecule has 0 aliphatic rings. The van der Waals surface area contributed by atoms with Crippen molar-refractivity contribution in [3.05, 3.63) is 21.9 Å². The first-order chi connectivity index (χ1) is 7.11. The van der Waals surface area contributed by atoms with Crippen LogP contribution >= 0.6 is 11.3 Å².